The molecule has 0 radical (unpaired) electrons. The molecule has 80 valence electrons. The molecule has 0 aliphatic heterocycles. The van der Waals surface area contributed by atoms with Crippen molar-refractivity contribution < 1.29 is 9.90 Å². The highest BCUT2D eigenvalue weighted by molar-refractivity contribution is 5.86. The van der Waals surface area contributed by atoms with Gasteiger partial charge >= 0.3 is 6.09 Å². The van der Waals surface area contributed by atoms with Gasteiger partial charge in [-0.15, -0.1) is 0 Å². The van der Waals surface area contributed by atoms with E-state index in [-0.39, 0.29) is 6.54 Å². The number of aromatic amines is 1. The molecular weight excluding hydrogens is 206 g/mol. The van der Waals surface area contributed by atoms with E-state index in [1.165, 1.54) is 0 Å². The summed E-state index contributed by atoms with van der Waals surface area (Å²) in [5.41, 5.74) is 2.15. The fourth-order valence-electron chi connectivity index (χ4n) is 1.58. The van der Waals surface area contributed by atoms with Crippen molar-refractivity contribution in [1.82, 2.24) is 10.3 Å². The molecule has 0 spiro atoms. The van der Waals surface area contributed by atoms with Crippen LogP contribution in [0.15, 0.2) is 24.3 Å². The zero-order chi connectivity index (χ0) is 11.5. The van der Waals surface area contributed by atoms with Crippen LogP contribution in [-0.2, 0) is 6.54 Å². The van der Waals surface area contributed by atoms with E-state index in [4.69, 9.17) is 10.4 Å². The summed E-state index contributed by atoms with van der Waals surface area (Å²) < 4.78 is 0. The van der Waals surface area contributed by atoms with Crippen molar-refractivity contribution in [3.05, 3.63) is 35.5 Å². The standard InChI is InChI=1S/C11H9N3O2/c12-5-7-2-1-3-10-9(7)4-8(14-10)6-13-11(15)16/h1-4,13-14H,6H2,(H,15,16). The van der Waals surface area contributed by atoms with Crippen LogP contribution in [0.3, 0.4) is 0 Å². The summed E-state index contributed by atoms with van der Waals surface area (Å²) in [5.74, 6) is 0. The van der Waals surface area contributed by atoms with Crippen LogP contribution in [-0.4, -0.2) is 16.2 Å². The van der Waals surface area contributed by atoms with E-state index in [0.717, 1.165) is 16.6 Å². The number of nitriles is 1. The number of carboxylic acid groups (broad SMARTS) is 1. The summed E-state index contributed by atoms with van der Waals surface area (Å²) in [5, 5.41) is 20.4. The molecule has 0 saturated carbocycles. The molecule has 0 aliphatic rings. The van der Waals surface area contributed by atoms with Gasteiger partial charge in [0, 0.05) is 16.6 Å². The number of amides is 1. The largest absolute Gasteiger partial charge is 0.465 e. The summed E-state index contributed by atoms with van der Waals surface area (Å²) in [6, 6.07) is 9.23. The molecular formula is C11H9N3O2. The fraction of sp³-hybridized carbons (Fsp3) is 0.0909. The Bertz CT molecular complexity index is 580. The first-order chi connectivity index (χ1) is 7.70. The molecule has 5 nitrogen and oxygen atoms in total. The van der Waals surface area contributed by atoms with E-state index >= 15 is 0 Å². The van der Waals surface area contributed by atoms with Crippen molar-refractivity contribution in [2.75, 3.05) is 0 Å². The summed E-state index contributed by atoms with van der Waals surface area (Å²) in [6.45, 7) is 0.203. The van der Waals surface area contributed by atoms with Crippen molar-refractivity contribution in [2.24, 2.45) is 0 Å². The predicted octanol–water partition coefficient (Wildman–Crippen LogP) is 1.81. The summed E-state index contributed by atoms with van der Waals surface area (Å²) in [4.78, 5) is 13.4. The molecule has 16 heavy (non-hydrogen) atoms. The van der Waals surface area contributed by atoms with E-state index in [1.54, 1.807) is 18.2 Å². The Hall–Kier alpha value is -2.48. The Labute approximate surface area is 91.3 Å². The first-order valence-electron chi connectivity index (χ1n) is 4.68. The van der Waals surface area contributed by atoms with E-state index in [1.807, 2.05) is 6.07 Å². The minimum Gasteiger partial charge on any atom is -0.465 e. The number of aromatic nitrogens is 1. The second kappa shape index (κ2) is 3.95. The molecule has 0 fully saturated rings. The highest BCUT2D eigenvalue weighted by Crippen LogP contribution is 2.19. The van der Waals surface area contributed by atoms with E-state index in [9.17, 15) is 4.79 Å². The topological polar surface area (TPSA) is 88.9 Å². The van der Waals surface area contributed by atoms with Gasteiger partial charge in [-0.2, -0.15) is 5.26 Å². The van der Waals surface area contributed by atoms with E-state index < -0.39 is 6.09 Å². The molecule has 1 aromatic heterocycles. The first-order valence-corrected chi connectivity index (χ1v) is 4.68. The molecule has 0 unspecified atom stereocenters. The molecule has 2 aromatic rings. The summed E-state index contributed by atoms with van der Waals surface area (Å²) in [7, 11) is 0. The third kappa shape index (κ3) is 1.81. The first kappa shape index (κ1) is 10.1. The molecule has 2 rings (SSSR count). The zero-order valence-electron chi connectivity index (χ0n) is 8.32. The average molecular weight is 215 g/mol. The van der Waals surface area contributed by atoms with Gasteiger partial charge in [-0.3, -0.25) is 0 Å². The van der Waals surface area contributed by atoms with Gasteiger partial charge in [0.05, 0.1) is 18.2 Å². The van der Waals surface area contributed by atoms with Gasteiger partial charge in [0.1, 0.15) is 0 Å². The van der Waals surface area contributed by atoms with Crippen molar-refractivity contribution in [3.8, 4) is 6.07 Å². The van der Waals surface area contributed by atoms with Crippen LogP contribution in [0.2, 0.25) is 0 Å². The van der Waals surface area contributed by atoms with Gasteiger partial charge in [-0.1, -0.05) is 6.07 Å². The van der Waals surface area contributed by atoms with Gasteiger partial charge in [0.25, 0.3) is 0 Å². The van der Waals surface area contributed by atoms with Gasteiger partial charge < -0.3 is 15.4 Å². The Morgan fingerprint density at radius 3 is 3.06 bits per heavy atom. The molecule has 0 bridgehead atoms. The number of nitrogens with one attached hydrogen (secondary N) is 2. The number of H-pyrrole nitrogens is 1. The van der Waals surface area contributed by atoms with Crippen LogP contribution in [0, 0.1) is 11.3 Å². The van der Waals surface area contributed by atoms with Gasteiger partial charge in [0.2, 0.25) is 0 Å². The fourth-order valence-corrected chi connectivity index (χ4v) is 1.58. The smallest absolute Gasteiger partial charge is 0.404 e. The van der Waals surface area contributed by atoms with Crippen molar-refractivity contribution in [2.45, 2.75) is 6.54 Å². The number of benzene rings is 1. The Balaban J connectivity index is 2.37. The van der Waals surface area contributed by atoms with E-state index in [2.05, 4.69) is 16.4 Å². The molecule has 1 amide bonds. The normalized spacial score (nSPS) is 9.94. The lowest BCUT2D eigenvalue weighted by molar-refractivity contribution is 0.194. The second-order valence-corrected chi connectivity index (χ2v) is 3.33. The van der Waals surface area contributed by atoms with Crippen molar-refractivity contribution in [1.29, 1.82) is 5.26 Å². The highest BCUT2D eigenvalue weighted by atomic mass is 16.4. The lowest BCUT2D eigenvalue weighted by Gasteiger charge is -1.95. The maximum Gasteiger partial charge on any atom is 0.404 e. The Kier molecular flexibility index (Phi) is 2.48. The number of carbonyl (C=O) groups is 1. The summed E-state index contributed by atoms with van der Waals surface area (Å²) >= 11 is 0. The molecule has 0 aliphatic carbocycles. The van der Waals surface area contributed by atoms with Gasteiger partial charge in [-0.05, 0) is 18.2 Å². The van der Waals surface area contributed by atoms with Crippen LogP contribution in [0.25, 0.3) is 10.9 Å². The Morgan fingerprint density at radius 1 is 1.56 bits per heavy atom. The zero-order valence-corrected chi connectivity index (χ0v) is 8.32. The lowest BCUT2D eigenvalue weighted by Crippen LogP contribution is -2.19. The highest BCUT2D eigenvalue weighted by Gasteiger charge is 2.05. The van der Waals surface area contributed by atoms with E-state index in [0.29, 0.717) is 5.56 Å². The van der Waals surface area contributed by atoms with Crippen LogP contribution in [0.5, 0.6) is 0 Å². The van der Waals surface area contributed by atoms with Crippen LogP contribution in [0.1, 0.15) is 11.3 Å². The minimum absolute atomic E-state index is 0.203. The predicted molar refractivity (Wildman–Crippen MR) is 57.9 cm³/mol. The maximum absolute atomic E-state index is 10.3. The quantitative estimate of drug-likeness (QED) is 0.713. The number of hydrogen-bond acceptors (Lipinski definition) is 2. The SMILES string of the molecule is N#Cc1cccc2[nH]c(CNC(=O)O)cc12. The second-order valence-electron chi connectivity index (χ2n) is 3.33. The molecule has 0 saturated heterocycles. The van der Waals surface area contributed by atoms with Crippen LogP contribution < -0.4 is 5.32 Å². The van der Waals surface area contributed by atoms with Crippen molar-refractivity contribution in [3.63, 3.8) is 0 Å². The van der Waals surface area contributed by atoms with Gasteiger partial charge in [0.15, 0.2) is 0 Å². The molecule has 3 N–H and O–H groups in total. The summed E-state index contributed by atoms with van der Waals surface area (Å²) in [6.07, 6.45) is -1.07. The maximum atomic E-state index is 10.3. The number of rotatable bonds is 2. The number of hydrogen-bond donors (Lipinski definition) is 3. The lowest BCUT2D eigenvalue weighted by atomic mass is 10.1. The molecule has 0 atom stereocenters. The average Bonchev–Trinajstić information content (AvgIpc) is 2.68. The minimum atomic E-state index is -1.07. The molecule has 1 heterocycles. The third-order valence-electron chi connectivity index (χ3n) is 2.27. The monoisotopic (exact) mass is 215 g/mol. The van der Waals surface area contributed by atoms with Crippen molar-refractivity contribution >= 4 is 17.0 Å². The third-order valence-corrected chi connectivity index (χ3v) is 2.27. The molecule has 5 heteroatoms. The van der Waals surface area contributed by atoms with Gasteiger partial charge in [-0.25, -0.2) is 4.79 Å². The number of fused-ring (bicyclic) bond motifs is 1. The Morgan fingerprint density at radius 2 is 2.38 bits per heavy atom. The number of nitrogens with zero attached hydrogens (tertiary/aromatic N) is 1. The molecule has 1 aromatic carbocycles. The van der Waals surface area contributed by atoms with Crippen LogP contribution >= 0.6 is 0 Å². The van der Waals surface area contributed by atoms with Crippen LogP contribution in [0.4, 0.5) is 4.79 Å².